The number of carbonyl (C=O) groups is 1. The van der Waals surface area contributed by atoms with Crippen LogP contribution in [0.25, 0.3) is 11.4 Å². The van der Waals surface area contributed by atoms with Gasteiger partial charge in [-0.1, -0.05) is 29.8 Å². The molecule has 2 heterocycles. The molecule has 0 bridgehead atoms. The molecule has 0 unspecified atom stereocenters. The van der Waals surface area contributed by atoms with E-state index in [0.29, 0.717) is 27.7 Å². The van der Waals surface area contributed by atoms with Gasteiger partial charge in [0.1, 0.15) is 11.4 Å². The third-order valence-corrected chi connectivity index (χ3v) is 6.40. The Hall–Kier alpha value is -3.51. The van der Waals surface area contributed by atoms with Crippen molar-refractivity contribution in [1.29, 1.82) is 0 Å². The minimum atomic E-state index is -0.154. The highest BCUT2D eigenvalue weighted by molar-refractivity contribution is 6.31. The average molecular weight is 464 g/mol. The first-order chi connectivity index (χ1) is 15.7. The summed E-state index contributed by atoms with van der Waals surface area (Å²) in [6, 6.07) is 16.6. The van der Waals surface area contributed by atoms with Crippen LogP contribution in [0.4, 0.5) is 0 Å². The number of benzene rings is 2. The minimum absolute atomic E-state index is 0.104. The predicted molar refractivity (Wildman–Crippen MR) is 131 cm³/mol. The zero-order chi connectivity index (χ0) is 23.9. The normalized spacial score (nSPS) is 11.1. The number of halogens is 1. The summed E-state index contributed by atoms with van der Waals surface area (Å²) in [6.07, 6.45) is 0. The number of ether oxygens (including phenoxy) is 1. The second kappa shape index (κ2) is 8.79. The maximum absolute atomic E-state index is 13.5. The van der Waals surface area contributed by atoms with E-state index in [1.807, 2.05) is 80.4 Å². The van der Waals surface area contributed by atoms with Gasteiger partial charge in [-0.2, -0.15) is 0 Å². The molecule has 6 nitrogen and oxygen atoms in total. The molecule has 0 atom stereocenters. The molecule has 0 amide bonds. The van der Waals surface area contributed by atoms with E-state index in [-0.39, 0.29) is 17.9 Å². The SMILES string of the molecule is Cc1cc(OCC(=O)c2cc(C)n(-c3c(C)n(C)n(-c4ccccc4)c3=O)c2C)ccc1Cl. The van der Waals surface area contributed by atoms with Gasteiger partial charge in [0.25, 0.3) is 5.56 Å². The van der Waals surface area contributed by atoms with Crippen molar-refractivity contribution >= 4 is 17.4 Å². The number of aryl methyl sites for hydroxylation is 2. The lowest BCUT2D eigenvalue weighted by Gasteiger charge is -2.09. The predicted octanol–water partition coefficient (Wildman–Crippen LogP) is 5.12. The summed E-state index contributed by atoms with van der Waals surface area (Å²) in [5.41, 5.74) is 4.91. The third-order valence-electron chi connectivity index (χ3n) is 5.98. The van der Waals surface area contributed by atoms with Crippen molar-refractivity contribution < 1.29 is 9.53 Å². The first-order valence-corrected chi connectivity index (χ1v) is 11.0. The molecule has 0 saturated heterocycles. The fourth-order valence-electron chi connectivity index (χ4n) is 4.13. The van der Waals surface area contributed by atoms with Gasteiger partial charge in [0, 0.05) is 29.0 Å². The number of ketones is 1. The van der Waals surface area contributed by atoms with E-state index in [1.165, 1.54) is 0 Å². The van der Waals surface area contributed by atoms with Crippen molar-refractivity contribution in [2.75, 3.05) is 6.61 Å². The van der Waals surface area contributed by atoms with E-state index in [9.17, 15) is 9.59 Å². The number of nitrogens with zero attached hydrogens (tertiary/aromatic N) is 3. The summed E-state index contributed by atoms with van der Waals surface area (Å²) in [4.78, 5) is 26.5. The second-order valence-electron chi connectivity index (χ2n) is 8.15. The number of para-hydroxylation sites is 1. The van der Waals surface area contributed by atoms with Crippen LogP contribution in [0.3, 0.4) is 0 Å². The molecule has 2 aromatic heterocycles. The van der Waals surface area contributed by atoms with E-state index in [4.69, 9.17) is 16.3 Å². The topological polar surface area (TPSA) is 58.2 Å². The number of Topliss-reactive ketones (excluding diaryl/α,β-unsaturated/α-hetero) is 1. The summed E-state index contributed by atoms with van der Waals surface area (Å²) in [6.45, 7) is 7.43. The Morgan fingerprint density at radius 2 is 1.67 bits per heavy atom. The van der Waals surface area contributed by atoms with E-state index < -0.39 is 0 Å². The molecule has 7 heteroatoms. The van der Waals surface area contributed by atoms with Crippen molar-refractivity contribution in [2.24, 2.45) is 7.05 Å². The minimum Gasteiger partial charge on any atom is -0.485 e. The molecule has 0 radical (unpaired) electrons. The molecule has 0 N–H and O–H groups in total. The maximum atomic E-state index is 13.5. The number of hydrogen-bond acceptors (Lipinski definition) is 3. The zero-order valence-electron chi connectivity index (χ0n) is 19.3. The van der Waals surface area contributed by atoms with Crippen LogP contribution in [0.15, 0.2) is 59.4 Å². The zero-order valence-corrected chi connectivity index (χ0v) is 20.1. The van der Waals surface area contributed by atoms with Crippen molar-refractivity contribution in [3.8, 4) is 17.1 Å². The van der Waals surface area contributed by atoms with Crippen LogP contribution in [-0.4, -0.2) is 26.3 Å². The van der Waals surface area contributed by atoms with Crippen molar-refractivity contribution in [1.82, 2.24) is 13.9 Å². The number of carbonyl (C=O) groups excluding carboxylic acids is 1. The van der Waals surface area contributed by atoms with Crippen LogP contribution >= 0.6 is 11.6 Å². The number of rotatable bonds is 6. The lowest BCUT2D eigenvalue weighted by atomic mass is 10.1. The number of hydrogen-bond donors (Lipinski definition) is 0. The largest absolute Gasteiger partial charge is 0.485 e. The summed E-state index contributed by atoms with van der Waals surface area (Å²) in [5, 5.41) is 0.650. The first-order valence-electron chi connectivity index (χ1n) is 10.7. The summed E-state index contributed by atoms with van der Waals surface area (Å²) in [5.74, 6) is 0.433. The Morgan fingerprint density at radius 3 is 2.33 bits per heavy atom. The van der Waals surface area contributed by atoms with Gasteiger partial charge >= 0.3 is 0 Å². The molecule has 0 aliphatic carbocycles. The van der Waals surface area contributed by atoms with Gasteiger partial charge in [0.2, 0.25) is 5.78 Å². The molecule has 170 valence electrons. The fraction of sp³-hybridized carbons (Fsp3) is 0.231. The van der Waals surface area contributed by atoms with Gasteiger partial charge in [-0.05, 0) is 69.7 Å². The van der Waals surface area contributed by atoms with Gasteiger partial charge in [-0.25, -0.2) is 4.68 Å². The summed E-state index contributed by atoms with van der Waals surface area (Å²) >= 11 is 6.06. The summed E-state index contributed by atoms with van der Waals surface area (Å²) in [7, 11) is 1.86. The smallest absolute Gasteiger partial charge is 0.295 e. The Morgan fingerprint density at radius 1 is 0.970 bits per heavy atom. The van der Waals surface area contributed by atoms with Crippen LogP contribution in [0.2, 0.25) is 5.02 Å². The molecule has 0 aliphatic heterocycles. The quantitative estimate of drug-likeness (QED) is 0.373. The molecular formula is C26H26ClN3O3. The Kier molecular flexibility index (Phi) is 6.04. The van der Waals surface area contributed by atoms with Crippen LogP contribution in [-0.2, 0) is 7.05 Å². The lowest BCUT2D eigenvalue weighted by molar-refractivity contribution is 0.0921. The lowest BCUT2D eigenvalue weighted by Crippen LogP contribution is -2.22. The van der Waals surface area contributed by atoms with Crippen LogP contribution in [0.1, 0.15) is 33.0 Å². The first kappa shape index (κ1) is 22.7. The molecule has 0 saturated carbocycles. The molecular weight excluding hydrogens is 438 g/mol. The standard InChI is InChI=1S/C26H26ClN3O3/c1-16-13-21(11-12-23(16)27)33-15-24(31)22-14-17(2)29(18(22)3)25-19(4)28(5)30(26(25)32)20-9-7-6-8-10-20/h6-14H,15H2,1-5H3. The van der Waals surface area contributed by atoms with E-state index in [1.54, 1.807) is 22.9 Å². The molecule has 0 fully saturated rings. The van der Waals surface area contributed by atoms with Crippen LogP contribution in [0.5, 0.6) is 5.75 Å². The molecule has 0 aliphatic rings. The van der Waals surface area contributed by atoms with Gasteiger partial charge in [-0.3, -0.25) is 14.3 Å². The highest BCUT2D eigenvalue weighted by Crippen LogP contribution is 2.24. The van der Waals surface area contributed by atoms with Crippen LogP contribution in [0, 0.1) is 27.7 Å². The van der Waals surface area contributed by atoms with E-state index in [0.717, 1.165) is 22.6 Å². The van der Waals surface area contributed by atoms with Gasteiger partial charge in [0.05, 0.1) is 11.4 Å². The fourth-order valence-corrected chi connectivity index (χ4v) is 4.25. The number of aromatic nitrogens is 3. The Labute approximate surface area is 197 Å². The van der Waals surface area contributed by atoms with Gasteiger partial charge < -0.3 is 9.30 Å². The van der Waals surface area contributed by atoms with Crippen LogP contribution < -0.4 is 10.3 Å². The highest BCUT2D eigenvalue weighted by Gasteiger charge is 2.23. The van der Waals surface area contributed by atoms with Crippen molar-refractivity contribution in [3.63, 3.8) is 0 Å². The molecule has 2 aromatic carbocycles. The van der Waals surface area contributed by atoms with Gasteiger partial charge in [-0.15, -0.1) is 0 Å². The highest BCUT2D eigenvalue weighted by atomic mass is 35.5. The summed E-state index contributed by atoms with van der Waals surface area (Å²) < 4.78 is 11.0. The Balaban J connectivity index is 1.69. The monoisotopic (exact) mass is 463 g/mol. The van der Waals surface area contributed by atoms with E-state index in [2.05, 4.69) is 0 Å². The molecule has 4 aromatic rings. The van der Waals surface area contributed by atoms with Crippen molar-refractivity contribution in [3.05, 3.63) is 98.2 Å². The average Bonchev–Trinajstić information content (AvgIpc) is 3.20. The Bertz CT molecular complexity index is 1410. The van der Waals surface area contributed by atoms with Crippen molar-refractivity contribution in [2.45, 2.75) is 27.7 Å². The van der Waals surface area contributed by atoms with E-state index >= 15 is 0 Å². The molecule has 4 rings (SSSR count). The molecule has 0 spiro atoms. The third kappa shape index (κ3) is 4.02. The van der Waals surface area contributed by atoms with Gasteiger partial charge in [0.15, 0.2) is 6.61 Å². The maximum Gasteiger partial charge on any atom is 0.295 e. The second-order valence-corrected chi connectivity index (χ2v) is 8.56. The molecule has 33 heavy (non-hydrogen) atoms.